The van der Waals surface area contributed by atoms with Gasteiger partial charge in [-0.05, 0) is 18.1 Å². The molecule has 1 aromatic carbocycles. The summed E-state index contributed by atoms with van der Waals surface area (Å²) in [6, 6.07) is 2.54. The molecular formula is C13H15F3O2. The van der Waals surface area contributed by atoms with Crippen LogP contribution in [0.1, 0.15) is 25.3 Å². The van der Waals surface area contributed by atoms with E-state index >= 15 is 0 Å². The van der Waals surface area contributed by atoms with E-state index in [-0.39, 0.29) is 23.0 Å². The fourth-order valence-corrected chi connectivity index (χ4v) is 2.48. The number of fused-ring (bicyclic) bond motifs is 1. The number of benzene rings is 1. The molecule has 0 bridgehead atoms. The molecule has 1 aliphatic heterocycles. The molecular weight excluding hydrogens is 245 g/mol. The van der Waals surface area contributed by atoms with Crippen LogP contribution in [0.5, 0.6) is 11.5 Å². The van der Waals surface area contributed by atoms with Crippen molar-refractivity contribution in [3.8, 4) is 11.5 Å². The molecule has 0 spiro atoms. The van der Waals surface area contributed by atoms with Crippen LogP contribution < -0.4 is 9.47 Å². The van der Waals surface area contributed by atoms with Gasteiger partial charge in [-0.2, -0.15) is 0 Å². The molecule has 0 aliphatic carbocycles. The lowest BCUT2D eigenvalue weighted by atomic mass is 9.81. The van der Waals surface area contributed by atoms with E-state index in [2.05, 4.69) is 0 Å². The molecule has 1 aromatic rings. The van der Waals surface area contributed by atoms with Crippen LogP contribution in [0.15, 0.2) is 12.1 Å². The van der Waals surface area contributed by atoms with Gasteiger partial charge in [0, 0.05) is 5.56 Å². The highest BCUT2D eigenvalue weighted by molar-refractivity contribution is 5.50. The Kier molecular flexibility index (Phi) is 3.17. The van der Waals surface area contributed by atoms with Crippen molar-refractivity contribution in [1.82, 2.24) is 0 Å². The van der Waals surface area contributed by atoms with Crippen LogP contribution in [-0.2, 0) is 0 Å². The van der Waals surface area contributed by atoms with Gasteiger partial charge in [0.1, 0.15) is 5.75 Å². The first kappa shape index (κ1) is 13.1. The van der Waals surface area contributed by atoms with Crippen molar-refractivity contribution in [2.45, 2.75) is 25.7 Å². The van der Waals surface area contributed by atoms with Crippen molar-refractivity contribution in [2.24, 2.45) is 5.92 Å². The van der Waals surface area contributed by atoms with Gasteiger partial charge in [0.15, 0.2) is 18.2 Å². The lowest BCUT2D eigenvalue weighted by Gasteiger charge is -2.36. The summed E-state index contributed by atoms with van der Waals surface area (Å²) < 4.78 is 51.5. The number of alkyl halides is 2. The summed E-state index contributed by atoms with van der Waals surface area (Å²) in [5.41, 5.74) is 0.128. The van der Waals surface area contributed by atoms with Crippen molar-refractivity contribution < 1.29 is 22.6 Å². The predicted molar refractivity (Wildman–Crippen MR) is 61.0 cm³/mol. The average molecular weight is 260 g/mol. The van der Waals surface area contributed by atoms with E-state index in [0.717, 1.165) is 0 Å². The largest absolute Gasteiger partial charge is 0.493 e. The van der Waals surface area contributed by atoms with E-state index in [1.807, 2.05) is 0 Å². The highest BCUT2D eigenvalue weighted by Gasteiger charge is 2.49. The highest BCUT2D eigenvalue weighted by atomic mass is 19.3. The summed E-state index contributed by atoms with van der Waals surface area (Å²) in [7, 11) is 1.27. The summed E-state index contributed by atoms with van der Waals surface area (Å²) in [5.74, 6) is -5.00. The van der Waals surface area contributed by atoms with Gasteiger partial charge < -0.3 is 9.47 Å². The zero-order valence-electron chi connectivity index (χ0n) is 10.5. The third-order valence-corrected chi connectivity index (χ3v) is 3.16. The summed E-state index contributed by atoms with van der Waals surface area (Å²) >= 11 is 0. The summed E-state index contributed by atoms with van der Waals surface area (Å²) in [4.78, 5) is 0. The Morgan fingerprint density at radius 1 is 1.39 bits per heavy atom. The molecule has 1 unspecified atom stereocenters. The Hall–Kier alpha value is -1.39. The van der Waals surface area contributed by atoms with Gasteiger partial charge in [0.25, 0.3) is 5.92 Å². The Morgan fingerprint density at radius 3 is 2.61 bits per heavy atom. The van der Waals surface area contributed by atoms with Gasteiger partial charge in [0.05, 0.1) is 13.0 Å². The van der Waals surface area contributed by atoms with Crippen LogP contribution in [0.3, 0.4) is 0 Å². The second-order valence-electron chi connectivity index (χ2n) is 4.76. The van der Waals surface area contributed by atoms with Crippen molar-refractivity contribution in [2.75, 3.05) is 13.7 Å². The molecule has 0 N–H and O–H groups in total. The highest BCUT2D eigenvalue weighted by Crippen LogP contribution is 2.50. The van der Waals surface area contributed by atoms with Crippen molar-refractivity contribution in [1.29, 1.82) is 0 Å². The van der Waals surface area contributed by atoms with E-state index in [1.54, 1.807) is 13.8 Å². The summed E-state index contributed by atoms with van der Waals surface area (Å²) in [5, 5.41) is 0. The standard InChI is InChI=1S/C13H15F3O2/c1-7(2)11-10-9(18-6-13(11,15)16)5-4-8(14)12(10)17-3/h4-5,7,11H,6H2,1-3H3. The van der Waals surface area contributed by atoms with E-state index in [0.29, 0.717) is 0 Å². The molecule has 0 saturated carbocycles. The fourth-order valence-electron chi connectivity index (χ4n) is 2.48. The van der Waals surface area contributed by atoms with E-state index in [1.165, 1.54) is 19.2 Å². The zero-order chi connectivity index (χ0) is 13.5. The lowest BCUT2D eigenvalue weighted by molar-refractivity contribution is -0.0889. The second-order valence-corrected chi connectivity index (χ2v) is 4.76. The van der Waals surface area contributed by atoms with Gasteiger partial charge in [-0.3, -0.25) is 0 Å². The number of methoxy groups -OCH3 is 1. The average Bonchev–Trinajstić information content (AvgIpc) is 2.27. The first-order valence-electron chi connectivity index (χ1n) is 5.75. The van der Waals surface area contributed by atoms with Crippen LogP contribution in [-0.4, -0.2) is 19.6 Å². The molecule has 1 aliphatic rings. The SMILES string of the molecule is COc1c(F)ccc2c1C(C(C)C)C(F)(F)CO2. The van der Waals surface area contributed by atoms with Crippen LogP contribution in [0.25, 0.3) is 0 Å². The van der Waals surface area contributed by atoms with Gasteiger partial charge in [-0.15, -0.1) is 0 Å². The lowest BCUT2D eigenvalue weighted by Crippen LogP contribution is -2.40. The molecule has 0 amide bonds. The van der Waals surface area contributed by atoms with E-state index in [4.69, 9.17) is 9.47 Å². The first-order chi connectivity index (χ1) is 8.38. The molecule has 0 aromatic heterocycles. The molecule has 0 fully saturated rings. The topological polar surface area (TPSA) is 18.5 Å². The third-order valence-electron chi connectivity index (χ3n) is 3.16. The zero-order valence-corrected chi connectivity index (χ0v) is 10.5. The normalized spacial score (nSPS) is 21.4. The Balaban J connectivity index is 2.65. The van der Waals surface area contributed by atoms with Gasteiger partial charge in [-0.25, -0.2) is 13.2 Å². The number of halogens is 3. The minimum atomic E-state index is -3.03. The second kappa shape index (κ2) is 4.37. The van der Waals surface area contributed by atoms with Gasteiger partial charge >= 0.3 is 0 Å². The van der Waals surface area contributed by atoms with Crippen LogP contribution in [0.2, 0.25) is 0 Å². The quantitative estimate of drug-likeness (QED) is 0.808. The maximum atomic E-state index is 13.9. The minimum absolute atomic E-state index is 0.128. The summed E-state index contributed by atoms with van der Waals surface area (Å²) in [6.07, 6.45) is 0. The fraction of sp³-hybridized carbons (Fsp3) is 0.538. The Bertz CT molecular complexity index is 458. The molecule has 1 atom stereocenters. The van der Waals surface area contributed by atoms with E-state index in [9.17, 15) is 13.2 Å². The molecule has 1 heterocycles. The van der Waals surface area contributed by atoms with Crippen LogP contribution >= 0.6 is 0 Å². The van der Waals surface area contributed by atoms with Crippen LogP contribution in [0.4, 0.5) is 13.2 Å². The van der Waals surface area contributed by atoms with Crippen molar-refractivity contribution in [3.05, 3.63) is 23.5 Å². The maximum Gasteiger partial charge on any atom is 0.288 e. The molecule has 2 nitrogen and oxygen atoms in total. The summed E-state index contributed by atoms with van der Waals surface area (Å²) in [6.45, 7) is 2.67. The molecule has 0 radical (unpaired) electrons. The van der Waals surface area contributed by atoms with Crippen molar-refractivity contribution >= 4 is 0 Å². The molecule has 2 rings (SSSR count). The smallest absolute Gasteiger partial charge is 0.288 e. The molecule has 100 valence electrons. The molecule has 5 heteroatoms. The molecule has 0 saturated heterocycles. The third kappa shape index (κ3) is 1.91. The van der Waals surface area contributed by atoms with Crippen LogP contribution in [0, 0.1) is 11.7 Å². The van der Waals surface area contributed by atoms with Gasteiger partial charge in [0.2, 0.25) is 0 Å². The molecule has 18 heavy (non-hydrogen) atoms. The number of rotatable bonds is 2. The first-order valence-corrected chi connectivity index (χ1v) is 5.75. The van der Waals surface area contributed by atoms with E-state index < -0.39 is 24.3 Å². The minimum Gasteiger partial charge on any atom is -0.493 e. The maximum absolute atomic E-state index is 13.9. The number of hydrogen-bond donors (Lipinski definition) is 0. The number of ether oxygens (including phenoxy) is 2. The predicted octanol–water partition coefficient (Wildman–Crippen LogP) is 3.60. The Labute approximate surface area is 104 Å². The van der Waals surface area contributed by atoms with Gasteiger partial charge in [-0.1, -0.05) is 13.8 Å². The van der Waals surface area contributed by atoms with Crippen molar-refractivity contribution in [3.63, 3.8) is 0 Å². The monoisotopic (exact) mass is 260 g/mol. The Morgan fingerprint density at radius 2 is 2.06 bits per heavy atom. The number of hydrogen-bond acceptors (Lipinski definition) is 2.